The van der Waals surface area contributed by atoms with Crippen LogP contribution in [-0.2, 0) is 4.74 Å². The van der Waals surface area contributed by atoms with Crippen molar-refractivity contribution in [2.24, 2.45) is 5.73 Å². The largest absolute Gasteiger partial charge is 0.380 e. The molecule has 3 heteroatoms. The summed E-state index contributed by atoms with van der Waals surface area (Å²) >= 11 is 0. The van der Waals surface area contributed by atoms with Gasteiger partial charge >= 0.3 is 0 Å². The SMILES string of the molecule is Cc1cccc(C(N)CN(C)C2CCOC2)c1. The Balaban J connectivity index is 1.93. The smallest absolute Gasteiger partial charge is 0.0622 e. The van der Waals surface area contributed by atoms with Crippen LogP contribution >= 0.6 is 0 Å². The first kappa shape index (κ1) is 12.6. The molecule has 1 aliphatic rings. The molecule has 0 amide bonds. The third-order valence-corrected chi connectivity index (χ3v) is 3.48. The normalized spacial score (nSPS) is 22.0. The van der Waals surface area contributed by atoms with Crippen molar-refractivity contribution in [1.82, 2.24) is 4.90 Å². The van der Waals surface area contributed by atoms with Gasteiger partial charge in [0.1, 0.15) is 0 Å². The van der Waals surface area contributed by atoms with Gasteiger partial charge in [-0.05, 0) is 26.0 Å². The Kier molecular flexibility index (Phi) is 4.15. The molecule has 0 radical (unpaired) electrons. The summed E-state index contributed by atoms with van der Waals surface area (Å²) in [7, 11) is 2.13. The molecule has 17 heavy (non-hydrogen) atoms. The van der Waals surface area contributed by atoms with Crippen LogP contribution in [0.2, 0.25) is 0 Å². The Labute approximate surface area is 104 Å². The molecule has 1 heterocycles. The van der Waals surface area contributed by atoms with Crippen molar-refractivity contribution in [2.45, 2.75) is 25.4 Å². The van der Waals surface area contributed by atoms with E-state index in [1.165, 1.54) is 11.1 Å². The van der Waals surface area contributed by atoms with E-state index in [-0.39, 0.29) is 6.04 Å². The van der Waals surface area contributed by atoms with E-state index in [0.29, 0.717) is 6.04 Å². The first-order chi connectivity index (χ1) is 8.16. The van der Waals surface area contributed by atoms with Crippen LogP contribution in [0.5, 0.6) is 0 Å². The molecule has 1 aromatic carbocycles. The van der Waals surface area contributed by atoms with E-state index in [1.54, 1.807) is 0 Å². The first-order valence-electron chi connectivity index (χ1n) is 6.27. The maximum Gasteiger partial charge on any atom is 0.0622 e. The molecule has 0 saturated carbocycles. The molecule has 0 aromatic heterocycles. The predicted octanol–water partition coefficient (Wildman–Crippen LogP) is 1.72. The Bertz CT molecular complexity index is 361. The van der Waals surface area contributed by atoms with E-state index in [1.807, 2.05) is 0 Å². The molecule has 94 valence electrons. The van der Waals surface area contributed by atoms with Gasteiger partial charge in [-0.15, -0.1) is 0 Å². The molecule has 0 aliphatic carbocycles. The monoisotopic (exact) mass is 234 g/mol. The highest BCUT2D eigenvalue weighted by atomic mass is 16.5. The fourth-order valence-corrected chi connectivity index (χ4v) is 2.34. The van der Waals surface area contributed by atoms with Crippen LogP contribution in [0.3, 0.4) is 0 Å². The average molecular weight is 234 g/mol. The second-order valence-corrected chi connectivity index (χ2v) is 4.98. The van der Waals surface area contributed by atoms with Gasteiger partial charge in [0.15, 0.2) is 0 Å². The third kappa shape index (κ3) is 3.28. The lowest BCUT2D eigenvalue weighted by molar-refractivity contribution is 0.156. The lowest BCUT2D eigenvalue weighted by Gasteiger charge is -2.26. The second-order valence-electron chi connectivity index (χ2n) is 4.98. The highest BCUT2D eigenvalue weighted by Gasteiger charge is 2.21. The highest BCUT2D eigenvalue weighted by molar-refractivity contribution is 5.25. The maximum absolute atomic E-state index is 6.25. The van der Waals surface area contributed by atoms with E-state index < -0.39 is 0 Å². The number of ether oxygens (including phenoxy) is 1. The van der Waals surface area contributed by atoms with Crippen LogP contribution in [0.1, 0.15) is 23.6 Å². The summed E-state index contributed by atoms with van der Waals surface area (Å²) in [5, 5.41) is 0. The standard InChI is InChI=1S/C14H22N2O/c1-11-4-3-5-12(8-11)14(15)9-16(2)13-6-7-17-10-13/h3-5,8,13-14H,6-7,9-10,15H2,1-2H3. The summed E-state index contributed by atoms with van der Waals surface area (Å²) in [4.78, 5) is 2.32. The number of hydrogen-bond acceptors (Lipinski definition) is 3. The molecular weight excluding hydrogens is 212 g/mol. The third-order valence-electron chi connectivity index (χ3n) is 3.48. The fraction of sp³-hybridized carbons (Fsp3) is 0.571. The number of rotatable bonds is 4. The van der Waals surface area contributed by atoms with Crippen molar-refractivity contribution >= 4 is 0 Å². The number of likely N-dealkylation sites (N-methyl/N-ethyl adjacent to an activating group) is 1. The molecule has 1 aromatic rings. The predicted molar refractivity (Wildman–Crippen MR) is 70.0 cm³/mol. The Hall–Kier alpha value is -0.900. The second kappa shape index (κ2) is 5.63. The number of benzene rings is 1. The minimum absolute atomic E-state index is 0.0838. The van der Waals surface area contributed by atoms with E-state index in [0.717, 1.165) is 26.2 Å². The first-order valence-corrected chi connectivity index (χ1v) is 6.27. The van der Waals surface area contributed by atoms with Gasteiger partial charge in [0.05, 0.1) is 6.61 Å². The van der Waals surface area contributed by atoms with Crippen LogP contribution in [-0.4, -0.2) is 37.7 Å². The molecule has 1 aliphatic heterocycles. The zero-order valence-corrected chi connectivity index (χ0v) is 10.7. The van der Waals surface area contributed by atoms with Gasteiger partial charge in [-0.25, -0.2) is 0 Å². The Morgan fingerprint density at radius 1 is 1.53 bits per heavy atom. The van der Waals surface area contributed by atoms with Crippen LogP contribution < -0.4 is 5.73 Å². The minimum atomic E-state index is 0.0838. The van der Waals surface area contributed by atoms with E-state index >= 15 is 0 Å². The van der Waals surface area contributed by atoms with Gasteiger partial charge in [0.2, 0.25) is 0 Å². The van der Waals surface area contributed by atoms with E-state index in [4.69, 9.17) is 10.5 Å². The van der Waals surface area contributed by atoms with Gasteiger partial charge in [-0.2, -0.15) is 0 Å². The molecule has 2 unspecified atom stereocenters. The topological polar surface area (TPSA) is 38.5 Å². The Morgan fingerprint density at radius 3 is 3.00 bits per heavy atom. The van der Waals surface area contributed by atoms with Crippen LogP contribution in [0, 0.1) is 6.92 Å². The van der Waals surface area contributed by atoms with E-state index in [2.05, 4.69) is 43.1 Å². The van der Waals surface area contributed by atoms with Crippen molar-refractivity contribution in [3.63, 3.8) is 0 Å². The molecule has 0 spiro atoms. The van der Waals surface area contributed by atoms with Crippen LogP contribution in [0.15, 0.2) is 24.3 Å². The minimum Gasteiger partial charge on any atom is -0.380 e. The van der Waals surface area contributed by atoms with E-state index in [9.17, 15) is 0 Å². The number of aryl methyl sites for hydroxylation is 1. The summed E-state index contributed by atoms with van der Waals surface area (Å²) < 4.78 is 5.40. The molecule has 1 fully saturated rings. The number of nitrogens with zero attached hydrogens (tertiary/aromatic N) is 1. The van der Waals surface area contributed by atoms with Crippen molar-refractivity contribution < 1.29 is 4.74 Å². The number of hydrogen-bond donors (Lipinski definition) is 1. The lowest BCUT2D eigenvalue weighted by atomic mass is 10.0. The quantitative estimate of drug-likeness (QED) is 0.862. The highest BCUT2D eigenvalue weighted by Crippen LogP contribution is 2.16. The molecule has 3 nitrogen and oxygen atoms in total. The fourth-order valence-electron chi connectivity index (χ4n) is 2.34. The zero-order valence-electron chi connectivity index (χ0n) is 10.7. The van der Waals surface area contributed by atoms with Gasteiger partial charge in [-0.1, -0.05) is 29.8 Å². The van der Waals surface area contributed by atoms with Gasteiger partial charge < -0.3 is 10.5 Å². The number of nitrogens with two attached hydrogens (primary N) is 1. The maximum atomic E-state index is 6.25. The van der Waals surface area contributed by atoms with Crippen molar-refractivity contribution in [2.75, 3.05) is 26.8 Å². The van der Waals surface area contributed by atoms with Crippen LogP contribution in [0.25, 0.3) is 0 Å². The van der Waals surface area contributed by atoms with Crippen LogP contribution in [0.4, 0.5) is 0 Å². The summed E-state index contributed by atoms with van der Waals surface area (Å²) in [6.07, 6.45) is 1.12. The molecule has 0 bridgehead atoms. The molecule has 2 rings (SSSR count). The zero-order chi connectivity index (χ0) is 12.3. The summed E-state index contributed by atoms with van der Waals surface area (Å²) in [5.41, 5.74) is 8.74. The van der Waals surface area contributed by atoms with Gasteiger partial charge in [-0.3, -0.25) is 4.90 Å². The Morgan fingerprint density at radius 2 is 2.35 bits per heavy atom. The van der Waals surface area contributed by atoms with Gasteiger partial charge in [0, 0.05) is 25.2 Å². The molecule has 2 atom stereocenters. The van der Waals surface area contributed by atoms with Crippen molar-refractivity contribution in [1.29, 1.82) is 0 Å². The summed E-state index contributed by atoms with van der Waals surface area (Å²) in [6, 6.07) is 9.07. The average Bonchev–Trinajstić information content (AvgIpc) is 2.82. The summed E-state index contributed by atoms with van der Waals surface area (Å²) in [6.45, 7) is 4.72. The summed E-state index contributed by atoms with van der Waals surface area (Å²) in [5.74, 6) is 0. The lowest BCUT2D eigenvalue weighted by Crippen LogP contribution is -2.37. The molecule has 2 N–H and O–H groups in total. The van der Waals surface area contributed by atoms with Gasteiger partial charge in [0.25, 0.3) is 0 Å². The molecule has 1 saturated heterocycles. The van der Waals surface area contributed by atoms with Crippen molar-refractivity contribution in [3.8, 4) is 0 Å². The van der Waals surface area contributed by atoms with Crippen molar-refractivity contribution in [3.05, 3.63) is 35.4 Å². The molecular formula is C14H22N2O.